The van der Waals surface area contributed by atoms with E-state index in [0.717, 1.165) is 16.7 Å². The molecule has 0 aliphatic carbocycles. The summed E-state index contributed by atoms with van der Waals surface area (Å²) in [6.07, 6.45) is 0.376. The number of rotatable bonds is 8. The zero-order valence-electron chi connectivity index (χ0n) is 16.8. The van der Waals surface area contributed by atoms with E-state index in [-0.39, 0.29) is 12.5 Å². The van der Waals surface area contributed by atoms with E-state index < -0.39 is 6.09 Å². The largest absolute Gasteiger partial charge is 0.465 e. The van der Waals surface area contributed by atoms with E-state index in [0.29, 0.717) is 41.2 Å². The fraction of sp³-hybridized carbons (Fsp3) is 0.167. The fourth-order valence-electron chi connectivity index (χ4n) is 3.26. The highest BCUT2D eigenvalue weighted by Crippen LogP contribution is 2.29. The van der Waals surface area contributed by atoms with E-state index in [2.05, 4.69) is 10.6 Å². The number of amides is 2. The number of hydrogen-bond donors (Lipinski definition) is 4. The second-order valence-corrected chi connectivity index (χ2v) is 7.46. The number of halogens is 1. The molecule has 2 amide bonds. The van der Waals surface area contributed by atoms with Crippen LogP contribution >= 0.6 is 11.6 Å². The molecule has 3 rings (SSSR count). The number of anilines is 2. The minimum atomic E-state index is -1.13. The molecular weight excluding hydrogens is 416 g/mol. The summed E-state index contributed by atoms with van der Waals surface area (Å²) in [5, 5.41) is 23.9. The van der Waals surface area contributed by atoms with Gasteiger partial charge < -0.3 is 15.5 Å². The van der Waals surface area contributed by atoms with E-state index in [1.807, 2.05) is 42.5 Å². The number of aliphatic hydroxyl groups is 1. The molecule has 160 valence electrons. The van der Waals surface area contributed by atoms with Crippen molar-refractivity contribution in [3.63, 3.8) is 0 Å². The van der Waals surface area contributed by atoms with Crippen molar-refractivity contribution in [2.45, 2.75) is 25.9 Å². The summed E-state index contributed by atoms with van der Waals surface area (Å²) in [7, 11) is 0. The monoisotopic (exact) mass is 438 g/mol. The van der Waals surface area contributed by atoms with Crippen LogP contribution in [0.2, 0.25) is 5.02 Å². The highest BCUT2D eigenvalue weighted by molar-refractivity contribution is 6.33. The summed E-state index contributed by atoms with van der Waals surface area (Å²) in [4.78, 5) is 23.5. The first kappa shape index (κ1) is 22.3. The van der Waals surface area contributed by atoms with Gasteiger partial charge in [-0.2, -0.15) is 0 Å². The van der Waals surface area contributed by atoms with Crippen LogP contribution in [0.25, 0.3) is 11.1 Å². The van der Waals surface area contributed by atoms with Crippen molar-refractivity contribution >= 4 is 35.0 Å². The minimum absolute atomic E-state index is 0.115. The Morgan fingerprint density at radius 3 is 2.29 bits per heavy atom. The third-order valence-electron chi connectivity index (χ3n) is 4.77. The van der Waals surface area contributed by atoms with E-state index >= 15 is 0 Å². The van der Waals surface area contributed by atoms with Crippen molar-refractivity contribution in [3.05, 3.63) is 82.9 Å². The number of aliphatic hydroxyl groups excluding tert-OH is 1. The van der Waals surface area contributed by atoms with Crippen LogP contribution in [0, 0.1) is 0 Å². The maximum absolute atomic E-state index is 12.3. The first-order valence-electron chi connectivity index (χ1n) is 9.83. The average Bonchev–Trinajstić information content (AvgIpc) is 2.75. The Balaban J connectivity index is 1.62. The zero-order valence-corrected chi connectivity index (χ0v) is 17.5. The molecule has 7 heteroatoms. The smallest absolute Gasteiger partial charge is 0.409 e. The number of benzene rings is 3. The van der Waals surface area contributed by atoms with Crippen LogP contribution in [0.15, 0.2) is 66.7 Å². The Bertz CT molecular complexity index is 1070. The lowest BCUT2D eigenvalue weighted by molar-refractivity contribution is -0.116. The Morgan fingerprint density at radius 1 is 0.871 bits per heavy atom. The molecule has 0 spiro atoms. The first-order chi connectivity index (χ1) is 15.0. The fourth-order valence-corrected chi connectivity index (χ4v) is 3.51. The summed E-state index contributed by atoms with van der Waals surface area (Å²) < 4.78 is 0. The second-order valence-electron chi connectivity index (χ2n) is 7.05. The van der Waals surface area contributed by atoms with Crippen LogP contribution in [-0.4, -0.2) is 22.2 Å². The molecule has 0 bridgehead atoms. The topological polar surface area (TPSA) is 98.7 Å². The number of carbonyl (C=O) groups is 2. The van der Waals surface area contributed by atoms with Gasteiger partial charge in [-0.05, 0) is 47.7 Å². The molecule has 3 aromatic rings. The van der Waals surface area contributed by atoms with Gasteiger partial charge in [-0.1, -0.05) is 60.1 Å². The Hall–Kier alpha value is -3.35. The number of hydrogen-bond acceptors (Lipinski definition) is 3. The molecule has 0 aromatic heterocycles. The molecule has 0 heterocycles. The lowest BCUT2D eigenvalue weighted by Crippen LogP contribution is -2.12. The Labute approximate surface area is 185 Å². The van der Waals surface area contributed by atoms with Crippen LogP contribution in [0.1, 0.15) is 24.0 Å². The number of nitrogens with one attached hydrogen (secondary N) is 2. The van der Waals surface area contributed by atoms with E-state index in [1.165, 1.54) is 0 Å². The summed E-state index contributed by atoms with van der Waals surface area (Å²) in [5.41, 5.74) is 4.33. The molecule has 0 fully saturated rings. The SMILES string of the molecule is O=C(O)Nc1cc(CCCC(=O)Nc2ccc(CO)cc2Cl)ccc1-c1ccccc1. The molecule has 4 N–H and O–H groups in total. The van der Waals surface area contributed by atoms with Crippen LogP contribution in [-0.2, 0) is 17.8 Å². The van der Waals surface area contributed by atoms with Crippen LogP contribution < -0.4 is 10.6 Å². The van der Waals surface area contributed by atoms with Gasteiger partial charge in [0.05, 0.1) is 23.0 Å². The van der Waals surface area contributed by atoms with Gasteiger partial charge in [0.1, 0.15) is 0 Å². The molecular formula is C24H23ClN2O4. The molecule has 0 aliphatic heterocycles. The molecule has 31 heavy (non-hydrogen) atoms. The first-order valence-corrected chi connectivity index (χ1v) is 10.2. The quantitative estimate of drug-likeness (QED) is 0.370. The molecule has 0 aliphatic rings. The van der Waals surface area contributed by atoms with Gasteiger partial charge in [0.15, 0.2) is 0 Å². The van der Waals surface area contributed by atoms with E-state index in [4.69, 9.17) is 16.7 Å². The van der Waals surface area contributed by atoms with Gasteiger partial charge >= 0.3 is 6.09 Å². The van der Waals surface area contributed by atoms with Gasteiger partial charge in [0.2, 0.25) is 5.91 Å². The number of carboxylic acid groups (broad SMARTS) is 1. The summed E-state index contributed by atoms with van der Waals surface area (Å²) >= 11 is 6.13. The third-order valence-corrected chi connectivity index (χ3v) is 5.08. The summed E-state index contributed by atoms with van der Waals surface area (Å²) in [6.45, 7) is -0.115. The van der Waals surface area contributed by atoms with Gasteiger partial charge in [-0.3, -0.25) is 10.1 Å². The van der Waals surface area contributed by atoms with Crippen molar-refractivity contribution < 1.29 is 19.8 Å². The molecule has 0 unspecified atom stereocenters. The molecule has 0 atom stereocenters. The van der Waals surface area contributed by atoms with Gasteiger partial charge in [-0.25, -0.2) is 4.79 Å². The second kappa shape index (κ2) is 10.6. The van der Waals surface area contributed by atoms with Crippen LogP contribution in [0.4, 0.5) is 16.2 Å². The molecule has 0 saturated carbocycles. The number of aryl methyl sites for hydroxylation is 1. The normalized spacial score (nSPS) is 10.5. The molecule has 3 aromatic carbocycles. The maximum Gasteiger partial charge on any atom is 0.409 e. The summed E-state index contributed by atoms with van der Waals surface area (Å²) in [6, 6.07) is 20.2. The number of carbonyl (C=O) groups excluding carboxylic acids is 1. The average molecular weight is 439 g/mol. The minimum Gasteiger partial charge on any atom is -0.465 e. The Morgan fingerprint density at radius 2 is 1.61 bits per heavy atom. The zero-order chi connectivity index (χ0) is 22.2. The third kappa shape index (κ3) is 6.31. The van der Waals surface area contributed by atoms with E-state index in [9.17, 15) is 14.7 Å². The lowest BCUT2D eigenvalue weighted by Gasteiger charge is -2.12. The molecule has 6 nitrogen and oxygen atoms in total. The van der Waals surface area contributed by atoms with Gasteiger partial charge in [-0.15, -0.1) is 0 Å². The predicted molar refractivity (Wildman–Crippen MR) is 122 cm³/mol. The van der Waals surface area contributed by atoms with Crippen molar-refractivity contribution in [2.75, 3.05) is 10.6 Å². The lowest BCUT2D eigenvalue weighted by atomic mass is 9.99. The predicted octanol–water partition coefficient (Wildman–Crippen LogP) is 5.55. The summed E-state index contributed by atoms with van der Waals surface area (Å²) in [5.74, 6) is -0.163. The maximum atomic E-state index is 12.3. The van der Waals surface area contributed by atoms with Crippen molar-refractivity contribution in [1.29, 1.82) is 0 Å². The van der Waals surface area contributed by atoms with Crippen molar-refractivity contribution in [2.24, 2.45) is 0 Å². The van der Waals surface area contributed by atoms with Gasteiger partial charge in [0.25, 0.3) is 0 Å². The standard InChI is InChI=1S/C24H23ClN2O4/c25-20-13-17(15-28)10-12-21(20)26-23(29)8-4-5-16-9-11-19(18-6-2-1-3-7-18)22(14-16)27-24(30)31/h1-3,6-7,9-14,27-28H,4-5,8,15H2,(H,26,29)(H,30,31). The van der Waals surface area contributed by atoms with Crippen LogP contribution in [0.3, 0.4) is 0 Å². The molecule has 0 radical (unpaired) electrons. The van der Waals surface area contributed by atoms with E-state index in [1.54, 1.807) is 24.3 Å². The van der Waals surface area contributed by atoms with Gasteiger partial charge in [0, 0.05) is 12.0 Å². The van der Waals surface area contributed by atoms with Crippen LogP contribution in [0.5, 0.6) is 0 Å². The highest BCUT2D eigenvalue weighted by Gasteiger charge is 2.10. The molecule has 0 saturated heterocycles. The highest BCUT2D eigenvalue weighted by atomic mass is 35.5. The van der Waals surface area contributed by atoms with Crippen molar-refractivity contribution in [3.8, 4) is 11.1 Å². The Kier molecular flexibility index (Phi) is 7.65. The van der Waals surface area contributed by atoms with Crippen molar-refractivity contribution in [1.82, 2.24) is 0 Å².